The molecule has 2 amide bonds. The lowest BCUT2D eigenvalue weighted by Gasteiger charge is -2.31. The molecule has 5 nitrogen and oxygen atoms in total. The van der Waals surface area contributed by atoms with Crippen LogP contribution < -0.4 is 11.1 Å². The van der Waals surface area contributed by atoms with Crippen LogP contribution in [0.2, 0.25) is 0 Å². The van der Waals surface area contributed by atoms with E-state index < -0.39 is 0 Å². The van der Waals surface area contributed by atoms with Crippen molar-refractivity contribution in [1.29, 1.82) is 0 Å². The largest absolute Gasteiger partial charge is 0.370 e. The van der Waals surface area contributed by atoms with E-state index in [-0.39, 0.29) is 30.3 Å². The maximum atomic E-state index is 12.1. The third-order valence-corrected chi connectivity index (χ3v) is 5.39. The maximum Gasteiger partial charge on any atom is 0.220 e. The van der Waals surface area contributed by atoms with Crippen molar-refractivity contribution in [3.05, 3.63) is 0 Å². The Labute approximate surface area is 152 Å². The minimum absolute atomic E-state index is 0. The van der Waals surface area contributed by atoms with Crippen LogP contribution in [-0.4, -0.2) is 41.9 Å². The molecule has 0 radical (unpaired) electrons. The van der Waals surface area contributed by atoms with Crippen molar-refractivity contribution in [2.45, 2.75) is 83.2 Å². The number of carbonyl (C=O) groups is 2. The predicted molar refractivity (Wildman–Crippen MR) is 99.1 cm³/mol. The van der Waals surface area contributed by atoms with Crippen molar-refractivity contribution in [2.75, 3.05) is 13.1 Å². The van der Waals surface area contributed by atoms with E-state index >= 15 is 0 Å². The number of halogens is 1. The zero-order valence-corrected chi connectivity index (χ0v) is 15.8. The fourth-order valence-electron chi connectivity index (χ4n) is 4.18. The van der Waals surface area contributed by atoms with Crippen LogP contribution in [0.4, 0.5) is 0 Å². The van der Waals surface area contributed by atoms with Crippen LogP contribution in [0.15, 0.2) is 0 Å². The van der Waals surface area contributed by atoms with Gasteiger partial charge in [0.2, 0.25) is 11.8 Å². The number of nitrogens with zero attached hydrogens (tertiary/aromatic N) is 1. The highest BCUT2D eigenvalue weighted by Gasteiger charge is 2.36. The zero-order chi connectivity index (χ0) is 16.7. The summed E-state index contributed by atoms with van der Waals surface area (Å²) in [4.78, 5) is 25.5. The Morgan fingerprint density at radius 2 is 1.83 bits per heavy atom. The summed E-state index contributed by atoms with van der Waals surface area (Å²) in [5, 5.41) is 3.22. The van der Waals surface area contributed by atoms with E-state index in [9.17, 15) is 9.59 Å². The first-order valence-electron chi connectivity index (χ1n) is 9.42. The van der Waals surface area contributed by atoms with Gasteiger partial charge in [-0.3, -0.25) is 14.5 Å². The number of hydrogen-bond acceptors (Lipinski definition) is 3. The first-order valence-corrected chi connectivity index (χ1v) is 9.42. The van der Waals surface area contributed by atoms with Crippen LogP contribution in [0.1, 0.15) is 71.1 Å². The SMILES string of the molecule is CCC[C@H]1CN(C2CCCCC2)C[C@@H]1NC(=O)CCCC(N)=O.Cl. The van der Waals surface area contributed by atoms with Gasteiger partial charge in [-0.05, 0) is 31.6 Å². The lowest BCUT2D eigenvalue weighted by Crippen LogP contribution is -2.42. The van der Waals surface area contributed by atoms with Gasteiger partial charge in [-0.25, -0.2) is 0 Å². The highest BCUT2D eigenvalue weighted by atomic mass is 35.5. The standard InChI is InChI=1S/C18H33N3O2.ClH/c1-2-7-14-12-21(15-8-4-3-5-9-15)13-16(14)20-18(23)11-6-10-17(19)22;/h14-16H,2-13H2,1H3,(H2,19,22)(H,20,23);1H/t14-,16-;/m0./s1. The van der Waals surface area contributed by atoms with Gasteiger partial charge in [0, 0.05) is 38.0 Å². The second-order valence-electron chi connectivity index (χ2n) is 7.29. The van der Waals surface area contributed by atoms with Gasteiger partial charge in [-0.15, -0.1) is 12.4 Å². The second kappa shape index (κ2) is 10.9. The summed E-state index contributed by atoms with van der Waals surface area (Å²) < 4.78 is 0. The highest BCUT2D eigenvalue weighted by molar-refractivity contribution is 5.85. The van der Waals surface area contributed by atoms with Crippen LogP contribution in [0, 0.1) is 5.92 Å². The Morgan fingerprint density at radius 1 is 1.12 bits per heavy atom. The van der Waals surface area contributed by atoms with Crippen LogP contribution in [-0.2, 0) is 9.59 Å². The van der Waals surface area contributed by atoms with Crippen LogP contribution in [0.5, 0.6) is 0 Å². The van der Waals surface area contributed by atoms with Gasteiger partial charge in [-0.2, -0.15) is 0 Å². The quantitative estimate of drug-likeness (QED) is 0.699. The lowest BCUT2D eigenvalue weighted by molar-refractivity contribution is -0.122. The van der Waals surface area contributed by atoms with Crippen molar-refractivity contribution in [3.8, 4) is 0 Å². The molecule has 0 bridgehead atoms. The van der Waals surface area contributed by atoms with Gasteiger partial charge in [0.15, 0.2) is 0 Å². The molecule has 1 saturated heterocycles. The van der Waals surface area contributed by atoms with Crippen LogP contribution in [0.3, 0.4) is 0 Å². The Kier molecular flexibility index (Phi) is 9.67. The molecule has 2 aliphatic rings. The molecular formula is C18H34ClN3O2. The number of primary amides is 1. The molecule has 1 heterocycles. The predicted octanol–water partition coefficient (Wildman–Crippen LogP) is 2.61. The van der Waals surface area contributed by atoms with Gasteiger partial charge < -0.3 is 11.1 Å². The van der Waals surface area contributed by atoms with Crippen molar-refractivity contribution in [1.82, 2.24) is 10.2 Å². The number of nitrogens with one attached hydrogen (secondary N) is 1. The Balaban J connectivity index is 0.00000288. The van der Waals surface area contributed by atoms with Gasteiger partial charge in [0.25, 0.3) is 0 Å². The molecule has 1 aliphatic carbocycles. The van der Waals surface area contributed by atoms with E-state index in [0.29, 0.717) is 25.2 Å². The topological polar surface area (TPSA) is 75.4 Å². The molecular weight excluding hydrogens is 326 g/mol. The highest BCUT2D eigenvalue weighted by Crippen LogP contribution is 2.29. The summed E-state index contributed by atoms with van der Waals surface area (Å²) in [6, 6.07) is 0.998. The minimum atomic E-state index is -0.328. The molecule has 2 atom stereocenters. The molecule has 2 rings (SSSR count). The second-order valence-corrected chi connectivity index (χ2v) is 7.29. The fourth-order valence-corrected chi connectivity index (χ4v) is 4.18. The molecule has 2 fully saturated rings. The monoisotopic (exact) mass is 359 g/mol. The maximum absolute atomic E-state index is 12.1. The van der Waals surface area contributed by atoms with Crippen molar-refractivity contribution >= 4 is 24.2 Å². The molecule has 1 saturated carbocycles. The molecule has 0 unspecified atom stereocenters. The van der Waals surface area contributed by atoms with E-state index in [0.717, 1.165) is 25.6 Å². The molecule has 24 heavy (non-hydrogen) atoms. The van der Waals surface area contributed by atoms with Crippen LogP contribution >= 0.6 is 12.4 Å². The van der Waals surface area contributed by atoms with E-state index in [1.165, 1.54) is 38.5 Å². The molecule has 0 spiro atoms. The summed E-state index contributed by atoms with van der Waals surface area (Å²) in [6.07, 6.45) is 10.3. The van der Waals surface area contributed by atoms with Gasteiger partial charge >= 0.3 is 0 Å². The normalized spacial score (nSPS) is 25.2. The molecule has 0 aromatic heterocycles. The number of carbonyl (C=O) groups excluding carboxylic acids is 2. The van der Waals surface area contributed by atoms with Crippen molar-refractivity contribution in [3.63, 3.8) is 0 Å². The first-order chi connectivity index (χ1) is 11.1. The molecule has 0 aromatic carbocycles. The van der Waals surface area contributed by atoms with E-state index in [2.05, 4.69) is 17.1 Å². The Bertz CT molecular complexity index is 400. The van der Waals surface area contributed by atoms with Crippen molar-refractivity contribution in [2.24, 2.45) is 11.7 Å². The number of nitrogens with two attached hydrogens (primary N) is 1. The number of hydrogen-bond donors (Lipinski definition) is 2. The smallest absolute Gasteiger partial charge is 0.220 e. The average Bonchev–Trinajstić information content (AvgIpc) is 2.91. The zero-order valence-electron chi connectivity index (χ0n) is 15.0. The molecule has 140 valence electrons. The van der Waals surface area contributed by atoms with Crippen LogP contribution in [0.25, 0.3) is 0 Å². The summed E-state index contributed by atoms with van der Waals surface area (Å²) in [5.74, 6) is 0.316. The lowest BCUT2D eigenvalue weighted by atomic mass is 9.94. The Hall–Kier alpha value is -0.810. The molecule has 1 aliphatic heterocycles. The molecule has 3 N–H and O–H groups in total. The molecule has 0 aromatic rings. The van der Waals surface area contributed by atoms with Gasteiger partial charge in [0.05, 0.1) is 0 Å². The van der Waals surface area contributed by atoms with E-state index in [4.69, 9.17) is 5.73 Å². The first kappa shape index (κ1) is 21.2. The summed E-state index contributed by atoms with van der Waals surface area (Å²) in [5.41, 5.74) is 5.13. The number of rotatable bonds is 8. The third kappa shape index (κ3) is 6.60. The third-order valence-electron chi connectivity index (χ3n) is 5.39. The fraction of sp³-hybridized carbons (Fsp3) is 0.889. The van der Waals surface area contributed by atoms with E-state index in [1.807, 2.05) is 0 Å². The summed E-state index contributed by atoms with van der Waals surface area (Å²) >= 11 is 0. The van der Waals surface area contributed by atoms with E-state index in [1.54, 1.807) is 0 Å². The average molecular weight is 360 g/mol. The van der Waals surface area contributed by atoms with Gasteiger partial charge in [-0.1, -0.05) is 32.6 Å². The summed E-state index contributed by atoms with van der Waals surface area (Å²) in [7, 11) is 0. The molecule has 6 heteroatoms. The Morgan fingerprint density at radius 3 is 2.46 bits per heavy atom. The van der Waals surface area contributed by atoms with Gasteiger partial charge in [0.1, 0.15) is 0 Å². The minimum Gasteiger partial charge on any atom is -0.370 e. The number of amides is 2. The van der Waals surface area contributed by atoms with Crippen molar-refractivity contribution < 1.29 is 9.59 Å². The number of likely N-dealkylation sites (tertiary alicyclic amines) is 1. The summed E-state index contributed by atoms with van der Waals surface area (Å²) in [6.45, 7) is 4.34.